The zero-order chi connectivity index (χ0) is 16.2. The molecule has 0 saturated carbocycles. The predicted molar refractivity (Wildman–Crippen MR) is 88.4 cm³/mol. The van der Waals surface area contributed by atoms with Gasteiger partial charge in [-0.05, 0) is 39.8 Å². The van der Waals surface area contributed by atoms with E-state index >= 15 is 0 Å². The maximum Gasteiger partial charge on any atom is 0.188 e. The van der Waals surface area contributed by atoms with Gasteiger partial charge in [0.25, 0.3) is 0 Å². The van der Waals surface area contributed by atoms with E-state index in [2.05, 4.69) is 4.72 Å². The van der Waals surface area contributed by atoms with E-state index in [1.54, 1.807) is 12.1 Å². The summed E-state index contributed by atoms with van der Waals surface area (Å²) in [5.74, 6) is 0.553. The fourth-order valence-corrected chi connectivity index (χ4v) is 2.87. The molecule has 7 heteroatoms. The molecule has 0 fully saturated rings. The van der Waals surface area contributed by atoms with Crippen LogP contribution in [0.4, 0.5) is 0 Å². The van der Waals surface area contributed by atoms with Crippen LogP contribution < -0.4 is 9.46 Å². The Kier molecular flexibility index (Phi) is 7.10. The average molecular weight is 354 g/mol. The van der Waals surface area contributed by atoms with Crippen molar-refractivity contribution in [2.75, 3.05) is 13.9 Å². The minimum Gasteiger partial charge on any atom is -0.598 e. The third-order valence-electron chi connectivity index (χ3n) is 2.70. The molecule has 0 bridgehead atoms. The molecule has 0 heterocycles. The van der Waals surface area contributed by atoms with Crippen LogP contribution in [0.1, 0.15) is 39.3 Å². The van der Waals surface area contributed by atoms with E-state index in [0.717, 1.165) is 0 Å². The van der Waals surface area contributed by atoms with Gasteiger partial charge in [0.05, 0.1) is 16.1 Å². The van der Waals surface area contributed by atoms with E-state index in [1.807, 2.05) is 27.7 Å². The van der Waals surface area contributed by atoms with Crippen molar-refractivity contribution in [3.63, 3.8) is 0 Å². The molecule has 21 heavy (non-hydrogen) atoms. The molecule has 1 unspecified atom stereocenters. The maximum atomic E-state index is 12.2. The van der Waals surface area contributed by atoms with Crippen molar-refractivity contribution < 1.29 is 14.0 Å². The van der Waals surface area contributed by atoms with Gasteiger partial charge in [-0.1, -0.05) is 23.2 Å². The number of hydrogen-bond acceptors (Lipinski definition) is 4. The molecule has 0 radical (unpaired) electrons. The van der Waals surface area contributed by atoms with Gasteiger partial charge in [0, 0.05) is 24.0 Å². The van der Waals surface area contributed by atoms with Gasteiger partial charge in [0.1, 0.15) is 10.5 Å². The number of nitrogens with one attached hydrogen (secondary N) is 1. The number of halogens is 2. The first-order valence-electron chi connectivity index (χ1n) is 6.46. The lowest BCUT2D eigenvalue weighted by Gasteiger charge is -2.27. The van der Waals surface area contributed by atoms with Crippen LogP contribution in [0.25, 0.3) is 0 Å². The van der Waals surface area contributed by atoms with Crippen LogP contribution >= 0.6 is 23.2 Å². The summed E-state index contributed by atoms with van der Waals surface area (Å²) in [5.41, 5.74) is 0.666. The topological polar surface area (TPSA) is 53.5 Å². The molecular weight excluding hydrogens is 333 g/mol. The van der Waals surface area contributed by atoms with Gasteiger partial charge < -0.3 is 14.0 Å². The second kappa shape index (κ2) is 7.90. The number of rotatable bonds is 6. The highest BCUT2D eigenvalue weighted by molar-refractivity contribution is 7.90. The molecule has 1 rings (SSSR count). The van der Waals surface area contributed by atoms with Gasteiger partial charge in [-0.3, -0.25) is 0 Å². The highest BCUT2D eigenvalue weighted by atomic mass is 35.5. The van der Waals surface area contributed by atoms with Crippen molar-refractivity contribution in [1.82, 2.24) is 4.72 Å². The minimum atomic E-state index is -1.24. The van der Waals surface area contributed by atoms with Gasteiger partial charge in [-0.15, -0.1) is 4.72 Å². The molecule has 1 N–H and O–H groups in total. The SMILES string of the molecule is COCOc1ccc(Cl)c(Cl)c1C(C)N[S@+]([O-])C(C)(C)C. The molecule has 0 aliphatic rings. The molecular formula is C14H21Cl2NO3S. The summed E-state index contributed by atoms with van der Waals surface area (Å²) in [6, 6.07) is 3.09. The van der Waals surface area contributed by atoms with Crippen molar-refractivity contribution in [3.8, 4) is 5.75 Å². The molecule has 120 valence electrons. The van der Waals surface area contributed by atoms with Gasteiger partial charge in [-0.2, -0.15) is 0 Å². The molecule has 1 aromatic rings. The number of methoxy groups -OCH3 is 1. The lowest BCUT2D eigenvalue weighted by atomic mass is 10.1. The van der Waals surface area contributed by atoms with Crippen LogP contribution in [0, 0.1) is 0 Å². The highest BCUT2D eigenvalue weighted by Crippen LogP contribution is 2.38. The van der Waals surface area contributed by atoms with Crippen molar-refractivity contribution in [2.45, 2.75) is 38.5 Å². The van der Waals surface area contributed by atoms with Crippen LogP contribution in [0.2, 0.25) is 10.0 Å². The van der Waals surface area contributed by atoms with Crippen molar-refractivity contribution in [3.05, 3.63) is 27.7 Å². The number of hydrogen-bond donors (Lipinski definition) is 1. The monoisotopic (exact) mass is 353 g/mol. The zero-order valence-electron chi connectivity index (χ0n) is 12.8. The molecule has 1 aromatic carbocycles. The van der Waals surface area contributed by atoms with Gasteiger partial charge in [0.15, 0.2) is 6.79 Å². The van der Waals surface area contributed by atoms with E-state index in [1.165, 1.54) is 7.11 Å². The van der Waals surface area contributed by atoms with Gasteiger partial charge in [0.2, 0.25) is 0 Å². The minimum absolute atomic E-state index is 0.0973. The summed E-state index contributed by atoms with van der Waals surface area (Å²) < 4.78 is 25.3. The molecule has 0 saturated heterocycles. The van der Waals surface area contributed by atoms with E-state index in [4.69, 9.17) is 32.7 Å². The van der Waals surface area contributed by atoms with E-state index in [0.29, 0.717) is 21.4 Å². The summed E-state index contributed by atoms with van der Waals surface area (Å²) in [5, 5.41) is 0.808. The average Bonchev–Trinajstić information content (AvgIpc) is 2.38. The lowest BCUT2D eigenvalue weighted by molar-refractivity contribution is 0.0502. The Morgan fingerprint density at radius 1 is 1.33 bits per heavy atom. The second-order valence-corrected chi connectivity index (χ2v) is 8.33. The van der Waals surface area contributed by atoms with Crippen LogP contribution in [0.5, 0.6) is 5.75 Å². The largest absolute Gasteiger partial charge is 0.598 e. The van der Waals surface area contributed by atoms with E-state index in [9.17, 15) is 4.55 Å². The predicted octanol–water partition coefficient (Wildman–Crippen LogP) is 4.09. The van der Waals surface area contributed by atoms with Crippen LogP contribution in [-0.2, 0) is 16.1 Å². The van der Waals surface area contributed by atoms with Crippen molar-refractivity contribution in [1.29, 1.82) is 0 Å². The first-order chi connectivity index (χ1) is 9.68. The molecule has 0 aromatic heterocycles. The number of ether oxygens (including phenoxy) is 2. The highest BCUT2D eigenvalue weighted by Gasteiger charge is 2.30. The Labute approximate surface area is 139 Å². The van der Waals surface area contributed by atoms with Crippen LogP contribution in [0.15, 0.2) is 12.1 Å². The lowest BCUT2D eigenvalue weighted by Crippen LogP contribution is -2.40. The second-order valence-electron chi connectivity index (χ2n) is 5.54. The third-order valence-corrected chi connectivity index (χ3v) is 5.20. The quantitative estimate of drug-likeness (QED) is 0.618. The Balaban J connectivity index is 3.05. The Hall–Kier alpha value is -0.170. The summed E-state index contributed by atoms with van der Waals surface area (Å²) in [7, 11) is 1.54. The molecule has 0 aliphatic heterocycles. The summed E-state index contributed by atoms with van der Waals surface area (Å²) in [4.78, 5) is 0. The first kappa shape index (κ1) is 18.9. The Morgan fingerprint density at radius 2 is 1.95 bits per heavy atom. The molecule has 0 spiro atoms. The van der Waals surface area contributed by atoms with Crippen LogP contribution in [0.3, 0.4) is 0 Å². The summed E-state index contributed by atoms with van der Waals surface area (Å²) >= 11 is 11.1. The summed E-state index contributed by atoms with van der Waals surface area (Å²) in [6.45, 7) is 7.64. The van der Waals surface area contributed by atoms with Crippen molar-refractivity contribution >= 4 is 34.6 Å². The first-order valence-corrected chi connectivity index (χ1v) is 8.36. The smallest absolute Gasteiger partial charge is 0.188 e. The standard InChI is InChI=1S/C14H21Cl2NO3S/c1-9(17-21(18)14(2,3)4)12-11(20-8-19-5)7-6-10(15)13(12)16/h6-7,9,17H,8H2,1-5H3/t9?,21-/m1/s1. The normalized spacial score (nSPS) is 14.9. The Bertz CT molecular complexity index is 480. The Morgan fingerprint density at radius 3 is 2.48 bits per heavy atom. The molecule has 4 nitrogen and oxygen atoms in total. The molecule has 2 atom stereocenters. The third kappa shape index (κ3) is 5.20. The van der Waals surface area contributed by atoms with E-state index in [-0.39, 0.29) is 17.6 Å². The van der Waals surface area contributed by atoms with E-state index < -0.39 is 11.4 Å². The fraction of sp³-hybridized carbons (Fsp3) is 0.571. The maximum absolute atomic E-state index is 12.2. The van der Waals surface area contributed by atoms with Gasteiger partial charge in [-0.25, -0.2) is 0 Å². The summed E-state index contributed by atoms with van der Waals surface area (Å²) in [6.07, 6.45) is 0. The number of benzene rings is 1. The van der Waals surface area contributed by atoms with Crippen molar-refractivity contribution in [2.24, 2.45) is 0 Å². The molecule has 0 amide bonds. The molecule has 0 aliphatic carbocycles. The zero-order valence-corrected chi connectivity index (χ0v) is 15.2. The van der Waals surface area contributed by atoms with Gasteiger partial charge >= 0.3 is 0 Å². The van der Waals surface area contributed by atoms with Crippen LogP contribution in [-0.4, -0.2) is 23.2 Å². The fourth-order valence-electron chi connectivity index (χ4n) is 1.60.